The number of carbonyl (C=O) groups excluding carboxylic acids is 1. The van der Waals surface area contributed by atoms with Gasteiger partial charge in [-0.3, -0.25) is 4.79 Å². The van der Waals surface area contributed by atoms with E-state index < -0.39 is 0 Å². The summed E-state index contributed by atoms with van der Waals surface area (Å²) in [6.45, 7) is 2.10. The predicted molar refractivity (Wildman–Crippen MR) is 72.2 cm³/mol. The molecule has 0 N–H and O–H groups in total. The maximum absolute atomic E-state index is 12.4. The van der Waals surface area contributed by atoms with Crippen LogP contribution in [0.1, 0.15) is 41.9 Å². The SMILES string of the molecule is CCCCC(C(=O)c1ccc(Cl)s1)n1cncn1. The van der Waals surface area contributed by atoms with E-state index in [1.807, 2.05) is 0 Å². The van der Waals surface area contributed by atoms with Gasteiger partial charge >= 0.3 is 0 Å². The van der Waals surface area contributed by atoms with Crippen LogP contribution in [-0.4, -0.2) is 20.5 Å². The molecule has 0 bridgehead atoms. The Morgan fingerprint density at radius 2 is 2.39 bits per heavy atom. The van der Waals surface area contributed by atoms with E-state index in [-0.39, 0.29) is 11.8 Å². The molecule has 0 fully saturated rings. The van der Waals surface area contributed by atoms with E-state index in [1.165, 1.54) is 17.7 Å². The van der Waals surface area contributed by atoms with E-state index in [1.54, 1.807) is 23.1 Å². The highest BCUT2D eigenvalue weighted by Gasteiger charge is 2.23. The second-order valence-electron chi connectivity index (χ2n) is 4.00. The van der Waals surface area contributed by atoms with E-state index >= 15 is 0 Å². The van der Waals surface area contributed by atoms with Gasteiger partial charge in [-0.1, -0.05) is 31.4 Å². The highest BCUT2D eigenvalue weighted by molar-refractivity contribution is 7.18. The molecule has 0 saturated heterocycles. The zero-order valence-corrected chi connectivity index (χ0v) is 11.6. The van der Waals surface area contributed by atoms with Gasteiger partial charge in [0, 0.05) is 0 Å². The average Bonchev–Trinajstić information content (AvgIpc) is 3.00. The van der Waals surface area contributed by atoms with Crippen LogP contribution in [0.15, 0.2) is 24.8 Å². The number of nitrogens with zero attached hydrogens (tertiary/aromatic N) is 3. The lowest BCUT2D eigenvalue weighted by atomic mass is 10.0. The summed E-state index contributed by atoms with van der Waals surface area (Å²) < 4.78 is 2.26. The molecule has 0 spiro atoms. The van der Waals surface area contributed by atoms with Gasteiger partial charge < -0.3 is 0 Å². The van der Waals surface area contributed by atoms with Gasteiger partial charge in [0.1, 0.15) is 18.7 Å². The summed E-state index contributed by atoms with van der Waals surface area (Å²) >= 11 is 7.18. The molecule has 0 aliphatic heterocycles. The van der Waals surface area contributed by atoms with E-state index in [2.05, 4.69) is 17.0 Å². The Hall–Kier alpha value is -1.20. The summed E-state index contributed by atoms with van der Waals surface area (Å²) in [5.41, 5.74) is 0. The van der Waals surface area contributed by atoms with E-state index in [0.29, 0.717) is 9.21 Å². The second-order valence-corrected chi connectivity index (χ2v) is 5.72. The maximum atomic E-state index is 12.4. The first kappa shape index (κ1) is 13.2. The second kappa shape index (κ2) is 6.11. The highest BCUT2D eigenvalue weighted by atomic mass is 35.5. The normalized spacial score (nSPS) is 12.6. The zero-order valence-electron chi connectivity index (χ0n) is 10.0. The van der Waals surface area contributed by atoms with Crippen molar-refractivity contribution in [1.29, 1.82) is 0 Å². The van der Waals surface area contributed by atoms with Gasteiger partial charge in [-0.25, -0.2) is 9.67 Å². The van der Waals surface area contributed by atoms with Gasteiger partial charge in [0.15, 0.2) is 5.78 Å². The van der Waals surface area contributed by atoms with Crippen LogP contribution in [0.4, 0.5) is 0 Å². The lowest BCUT2D eigenvalue weighted by Gasteiger charge is -2.14. The Morgan fingerprint density at radius 3 is 2.94 bits per heavy atom. The van der Waals surface area contributed by atoms with Crippen LogP contribution in [0.3, 0.4) is 0 Å². The molecule has 2 heterocycles. The maximum Gasteiger partial charge on any atom is 0.197 e. The smallest absolute Gasteiger partial charge is 0.197 e. The Morgan fingerprint density at radius 1 is 1.56 bits per heavy atom. The summed E-state index contributed by atoms with van der Waals surface area (Å²) in [7, 11) is 0. The molecular weight excluding hydrogens is 270 g/mol. The summed E-state index contributed by atoms with van der Waals surface area (Å²) in [5, 5.41) is 4.08. The van der Waals surface area contributed by atoms with Gasteiger partial charge in [-0.2, -0.15) is 5.10 Å². The topological polar surface area (TPSA) is 47.8 Å². The van der Waals surface area contributed by atoms with Crippen LogP contribution in [0.2, 0.25) is 4.34 Å². The van der Waals surface area contributed by atoms with Crippen molar-refractivity contribution in [3.05, 3.63) is 34.0 Å². The number of carbonyl (C=O) groups is 1. The van der Waals surface area contributed by atoms with Crippen LogP contribution in [0.5, 0.6) is 0 Å². The first-order chi connectivity index (χ1) is 8.72. The number of hydrogen-bond acceptors (Lipinski definition) is 4. The highest BCUT2D eigenvalue weighted by Crippen LogP contribution is 2.27. The van der Waals surface area contributed by atoms with Crippen LogP contribution in [0, 0.1) is 0 Å². The van der Waals surface area contributed by atoms with Crippen molar-refractivity contribution in [1.82, 2.24) is 14.8 Å². The fraction of sp³-hybridized carbons (Fsp3) is 0.417. The largest absolute Gasteiger partial charge is 0.291 e. The first-order valence-corrected chi connectivity index (χ1v) is 7.05. The fourth-order valence-corrected chi connectivity index (χ4v) is 2.80. The monoisotopic (exact) mass is 283 g/mol. The summed E-state index contributed by atoms with van der Waals surface area (Å²) in [5.74, 6) is 0.0610. The molecule has 4 nitrogen and oxygen atoms in total. The molecule has 0 aliphatic carbocycles. The van der Waals surface area contributed by atoms with Crippen molar-refractivity contribution in [2.24, 2.45) is 0 Å². The number of thiophene rings is 1. The number of rotatable bonds is 6. The van der Waals surface area contributed by atoms with Gasteiger partial charge in [0.25, 0.3) is 0 Å². The van der Waals surface area contributed by atoms with Crippen LogP contribution < -0.4 is 0 Å². The molecule has 1 atom stereocenters. The third kappa shape index (κ3) is 2.97. The fourth-order valence-electron chi connectivity index (χ4n) is 1.77. The van der Waals surface area contributed by atoms with Crippen molar-refractivity contribution in [3.63, 3.8) is 0 Å². The molecule has 18 heavy (non-hydrogen) atoms. The van der Waals surface area contributed by atoms with Crippen LogP contribution in [0.25, 0.3) is 0 Å². The number of unbranched alkanes of at least 4 members (excludes halogenated alkanes) is 1. The minimum atomic E-state index is -0.276. The predicted octanol–water partition coefficient (Wildman–Crippen LogP) is 3.61. The third-order valence-electron chi connectivity index (χ3n) is 2.71. The number of hydrogen-bond donors (Lipinski definition) is 0. The first-order valence-electron chi connectivity index (χ1n) is 5.86. The van der Waals surface area contributed by atoms with Gasteiger partial charge in [-0.05, 0) is 18.6 Å². The number of ketones is 1. The van der Waals surface area contributed by atoms with Crippen LogP contribution in [-0.2, 0) is 0 Å². The molecule has 0 aromatic carbocycles. The number of halogens is 1. The standard InChI is InChI=1S/C12H14ClN3OS/c1-2-3-4-9(16-8-14-7-15-16)12(17)10-5-6-11(13)18-10/h5-9H,2-4H2,1H3. The number of aromatic nitrogens is 3. The van der Waals surface area contributed by atoms with Crippen molar-refractivity contribution in [3.8, 4) is 0 Å². The van der Waals surface area contributed by atoms with Gasteiger partial charge in [0.2, 0.25) is 0 Å². The zero-order chi connectivity index (χ0) is 13.0. The summed E-state index contributed by atoms with van der Waals surface area (Å²) in [6, 6.07) is 3.24. The summed E-state index contributed by atoms with van der Waals surface area (Å²) in [4.78, 5) is 17.0. The molecule has 0 aliphatic rings. The molecule has 2 aromatic rings. The Kier molecular flexibility index (Phi) is 4.49. The average molecular weight is 284 g/mol. The Labute approximate surface area is 115 Å². The molecule has 0 amide bonds. The molecule has 2 rings (SSSR count). The molecular formula is C12H14ClN3OS. The van der Waals surface area contributed by atoms with Crippen molar-refractivity contribution < 1.29 is 4.79 Å². The lowest BCUT2D eigenvalue weighted by Crippen LogP contribution is -2.19. The molecule has 0 saturated carbocycles. The molecule has 0 radical (unpaired) electrons. The quantitative estimate of drug-likeness (QED) is 0.761. The van der Waals surface area contributed by atoms with Gasteiger partial charge in [-0.15, -0.1) is 11.3 Å². The minimum absolute atomic E-state index is 0.0610. The van der Waals surface area contributed by atoms with Crippen molar-refractivity contribution >= 4 is 28.7 Å². The van der Waals surface area contributed by atoms with Crippen molar-refractivity contribution in [2.75, 3.05) is 0 Å². The Balaban J connectivity index is 2.21. The lowest BCUT2D eigenvalue weighted by molar-refractivity contribution is 0.0913. The van der Waals surface area contributed by atoms with E-state index in [0.717, 1.165) is 19.3 Å². The minimum Gasteiger partial charge on any atom is -0.291 e. The van der Waals surface area contributed by atoms with Gasteiger partial charge in [0.05, 0.1) is 9.21 Å². The van der Waals surface area contributed by atoms with E-state index in [9.17, 15) is 4.79 Å². The molecule has 2 aromatic heterocycles. The molecule has 1 unspecified atom stereocenters. The third-order valence-corrected chi connectivity index (χ3v) is 3.95. The number of Topliss-reactive ketones (excluding diaryl/α,β-unsaturated/α-hetero) is 1. The summed E-state index contributed by atoms with van der Waals surface area (Å²) in [6.07, 6.45) is 5.84. The molecule has 96 valence electrons. The van der Waals surface area contributed by atoms with E-state index in [4.69, 9.17) is 11.6 Å². The Bertz CT molecular complexity index is 509. The molecule has 6 heteroatoms. The van der Waals surface area contributed by atoms with Crippen LogP contribution >= 0.6 is 22.9 Å². The van der Waals surface area contributed by atoms with Crippen molar-refractivity contribution in [2.45, 2.75) is 32.2 Å².